The molecule has 0 saturated carbocycles. The molecule has 8 nitrogen and oxygen atoms in total. The Bertz CT molecular complexity index is 1090. The monoisotopic (exact) mass is 439 g/mol. The first-order valence-corrected chi connectivity index (χ1v) is 10.9. The number of rotatable bonds is 7. The standard InChI is InChI=1S/C24H33N5O3/c1-15(12-16(2)27-23(30)32-24(5,6)7)14-31-21-9-8-20(28-18(21)4)19-10-11-25-29-13-17(3)26-22(19)29/h8-11,13,15-16H,12,14H2,1-7H3,(H,27,30). The summed E-state index contributed by atoms with van der Waals surface area (Å²) in [5.74, 6) is 0.990. The van der Waals surface area contributed by atoms with Crippen molar-refractivity contribution in [3.8, 4) is 17.0 Å². The number of carbonyl (C=O) groups excluding carboxylic acids is 1. The van der Waals surface area contributed by atoms with Crippen LogP contribution in [0.5, 0.6) is 5.75 Å². The average molecular weight is 440 g/mol. The summed E-state index contributed by atoms with van der Waals surface area (Å²) < 4.78 is 13.1. The van der Waals surface area contributed by atoms with E-state index in [2.05, 4.69) is 22.3 Å². The van der Waals surface area contributed by atoms with Crippen LogP contribution in [0.4, 0.5) is 4.79 Å². The van der Waals surface area contributed by atoms with E-state index in [4.69, 9.17) is 14.5 Å². The van der Waals surface area contributed by atoms with Gasteiger partial charge < -0.3 is 14.8 Å². The van der Waals surface area contributed by atoms with E-state index in [1.165, 1.54) is 0 Å². The Labute approximate surface area is 189 Å². The zero-order chi connectivity index (χ0) is 23.5. The van der Waals surface area contributed by atoms with Crippen molar-refractivity contribution in [3.05, 3.63) is 42.0 Å². The van der Waals surface area contributed by atoms with Gasteiger partial charge in [-0.2, -0.15) is 5.10 Å². The Morgan fingerprint density at radius 3 is 2.59 bits per heavy atom. The second-order valence-corrected chi connectivity index (χ2v) is 9.37. The molecule has 0 aliphatic carbocycles. The van der Waals surface area contributed by atoms with Gasteiger partial charge in [-0.15, -0.1) is 0 Å². The van der Waals surface area contributed by atoms with Crippen LogP contribution < -0.4 is 10.1 Å². The summed E-state index contributed by atoms with van der Waals surface area (Å²) in [6.07, 6.45) is 4.02. The molecule has 3 heterocycles. The lowest BCUT2D eigenvalue weighted by molar-refractivity contribution is 0.0500. The number of nitrogens with zero attached hydrogens (tertiary/aromatic N) is 4. The molecule has 2 atom stereocenters. The third-order valence-electron chi connectivity index (χ3n) is 4.84. The minimum Gasteiger partial charge on any atom is -0.491 e. The van der Waals surface area contributed by atoms with Crippen LogP contribution in [0.3, 0.4) is 0 Å². The molecule has 0 spiro atoms. The van der Waals surface area contributed by atoms with Gasteiger partial charge >= 0.3 is 6.09 Å². The lowest BCUT2D eigenvalue weighted by Crippen LogP contribution is -2.38. The molecule has 0 bridgehead atoms. The maximum Gasteiger partial charge on any atom is 0.407 e. The third-order valence-corrected chi connectivity index (χ3v) is 4.84. The van der Waals surface area contributed by atoms with E-state index in [0.717, 1.165) is 40.5 Å². The van der Waals surface area contributed by atoms with E-state index < -0.39 is 11.7 Å². The molecular weight excluding hydrogens is 406 g/mol. The van der Waals surface area contributed by atoms with Gasteiger partial charge in [0.2, 0.25) is 0 Å². The number of nitrogens with one attached hydrogen (secondary N) is 1. The van der Waals surface area contributed by atoms with Gasteiger partial charge in [0.15, 0.2) is 5.65 Å². The van der Waals surface area contributed by atoms with Gasteiger partial charge in [-0.05, 0) is 72.1 Å². The highest BCUT2D eigenvalue weighted by Gasteiger charge is 2.19. The van der Waals surface area contributed by atoms with Crippen LogP contribution in [0.1, 0.15) is 52.4 Å². The van der Waals surface area contributed by atoms with Crippen LogP contribution in [0.15, 0.2) is 30.6 Å². The topological polar surface area (TPSA) is 90.6 Å². The molecule has 0 saturated heterocycles. The maximum atomic E-state index is 11.9. The van der Waals surface area contributed by atoms with Gasteiger partial charge in [-0.1, -0.05) is 6.92 Å². The molecule has 172 valence electrons. The SMILES string of the molecule is Cc1cn2nccc(-c3ccc(OCC(C)CC(C)NC(=O)OC(C)(C)C)c(C)n3)c2n1. The number of ether oxygens (including phenoxy) is 2. The van der Waals surface area contributed by atoms with Gasteiger partial charge in [0.1, 0.15) is 11.4 Å². The van der Waals surface area contributed by atoms with E-state index >= 15 is 0 Å². The minimum atomic E-state index is -0.506. The van der Waals surface area contributed by atoms with Crippen molar-refractivity contribution in [2.45, 2.75) is 66.5 Å². The van der Waals surface area contributed by atoms with Crippen molar-refractivity contribution in [2.24, 2.45) is 5.92 Å². The normalized spacial score (nSPS) is 13.6. The van der Waals surface area contributed by atoms with Crippen LogP contribution in [0, 0.1) is 19.8 Å². The van der Waals surface area contributed by atoms with Crippen molar-refractivity contribution in [1.29, 1.82) is 0 Å². The van der Waals surface area contributed by atoms with Gasteiger partial charge in [0.25, 0.3) is 0 Å². The number of alkyl carbamates (subject to hydrolysis) is 1. The number of fused-ring (bicyclic) bond motifs is 1. The van der Waals surface area contributed by atoms with Crippen LogP contribution >= 0.6 is 0 Å². The number of hydrogen-bond acceptors (Lipinski definition) is 6. The van der Waals surface area contributed by atoms with Gasteiger partial charge in [-0.3, -0.25) is 0 Å². The van der Waals surface area contributed by atoms with Crippen molar-refractivity contribution in [3.63, 3.8) is 0 Å². The quantitative estimate of drug-likeness (QED) is 0.572. The van der Waals surface area contributed by atoms with Crippen LogP contribution in [-0.4, -0.2) is 43.9 Å². The number of pyridine rings is 1. The molecule has 3 aromatic heterocycles. The zero-order valence-electron chi connectivity index (χ0n) is 20.0. The first-order chi connectivity index (χ1) is 15.0. The summed E-state index contributed by atoms with van der Waals surface area (Å²) in [5, 5.41) is 7.18. The van der Waals surface area contributed by atoms with E-state index in [-0.39, 0.29) is 12.0 Å². The van der Waals surface area contributed by atoms with E-state index in [0.29, 0.717) is 6.61 Å². The smallest absolute Gasteiger partial charge is 0.407 e. The predicted octanol–water partition coefficient (Wildman–Crippen LogP) is 4.73. The molecule has 0 fully saturated rings. The minimum absolute atomic E-state index is 0.0165. The fraction of sp³-hybridized carbons (Fsp3) is 0.500. The summed E-state index contributed by atoms with van der Waals surface area (Å²) >= 11 is 0. The number of amides is 1. The number of aromatic nitrogens is 4. The van der Waals surface area contributed by atoms with Crippen molar-refractivity contribution in [1.82, 2.24) is 24.9 Å². The maximum absolute atomic E-state index is 11.9. The summed E-state index contributed by atoms with van der Waals surface area (Å²) in [7, 11) is 0. The molecule has 1 N–H and O–H groups in total. The Balaban J connectivity index is 1.58. The van der Waals surface area contributed by atoms with Crippen molar-refractivity contribution < 1.29 is 14.3 Å². The predicted molar refractivity (Wildman–Crippen MR) is 124 cm³/mol. The highest BCUT2D eigenvalue weighted by Crippen LogP contribution is 2.26. The molecule has 0 radical (unpaired) electrons. The van der Waals surface area contributed by atoms with Gasteiger partial charge in [0, 0.05) is 17.8 Å². The zero-order valence-corrected chi connectivity index (χ0v) is 20.0. The summed E-state index contributed by atoms with van der Waals surface area (Å²) in [6.45, 7) is 14.0. The third kappa shape index (κ3) is 6.18. The second-order valence-electron chi connectivity index (χ2n) is 9.37. The van der Waals surface area contributed by atoms with E-state index in [1.807, 2.05) is 65.9 Å². The Morgan fingerprint density at radius 1 is 1.16 bits per heavy atom. The fourth-order valence-corrected chi connectivity index (χ4v) is 3.53. The average Bonchev–Trinajstić information content (AvgIpc) is 3.05. The fourth-order valence-electron chi connectivity index (χ4n) is 3.53. The molecule has 1 amide bonds. The lowest BCUT2D eigenvalue weighted by atomic mass is 10.0. The first kappa shape index (κ1) is 23.5. The van der Waals surface area contributed by atoms with E-state index in [9.17, 15) is 4.79 Å². The molecule has 3 rings (SSSR count). The van der Waals surface area contributed by atoms with Gasteiger partial charge in [0.05, 0.1) is 29.9 Å². The number of aryl methyl sites for hydroxylation is 2. The molecule has 2 unspecified atom stereocenters. The second kappa shape index (κ2) is 9.54. The highest BCUT2D eigenvalue weighted by atomic mass is 16.6. The summed E-state index contributed by atoms with van der Waals surface area (Å²) in [6, 6.07) is 5.79. The molecular formula is C24H33N5O3. The van der Waals surface area contributed by atoms with Gasteiger partial charge in [-0.25, -0.2) is 19.3 Å². The molecule has 0 aliphatic heterocycles. The molecule has 32 heavy (non-hydrogen) atoms. The molecule has 0 aliphatic rings. The van der Waals surface area contributed by atoms with Crippen LogP contribution in [0.25, 0.3) is 16.9 Å². The number of hydrogen-bond donors (Lipinski definition) is 1. The Hall–Kier alpha value is -3.16. The Morgan fingerprint density at radius 2 is 1.91 bits per heavy atom. The van der Waals surface area contributed by atoms with Crippen molar-refractivity contribution >= 4 is 11.7 Å². The largest absolute Gasteiger partial charge is 0.491 e. The van der Waals surface area contributed by atoms with Crippen molar-refractivity contribution in [2.75, 3.05) is 6.61 Å². The number of carbonyl (C=O) groups is 1. The van der Waals surface area contributed by atoms with Crippen LogP contribution in [-0.2, 0) is 4.74 Å². The first-order valence-electron chi connectivity index (χ1n) is 10.9. The Kier molecular flexibility index (Phi) is 7.01. The number of imidazole rings is 1. The van der Waals surface area contributed by atoms with Crippen LogP contribution in [0.2, 0.25) is 0 Å². The highest BCUT2D eigenvalue weighted by molar-refractivity contribution is 5.75. The molecule has 8 heteroatoms. The molecule has 3 aromatic rings. The lowest BCUT2D eigenvalue weighted by Gasteiger charge is -2.23. The summed E-state index contributed by atoms with van der Waals surface area (Å²) in [5.41, 5.74) is 3.76. The van der Waals surface area contributed by atoms with E-state index in [1.54, 1.807) is 10.7 Å². The summed E-state index contributed by atoms with van der Waals surface area (Å²) in [4.78, 5) is 21.2. The molecule has 0 aromatic carbocycles.